The van der Waals surface area contributed by atoms with Gasteiger partial charge < -0.3 is 5.11 Å². The lowest BCUT2D eigenvalue weighted by Gasteiger charge is -2.11. The standard InChI is InChI=1S/C11H6BrClF3NOS/c12-7-2-1-5(13)3-6(7)9(18)8-4-17-10(19-8)11(14,15)16/h1-4,9,18H. The van der Waals surface area contributed by atoms with Gasteiger partial charge in [-0.3, -0.25) is 0 Å². The molecule has 1 atom stereocenters. The molecule has 0 aliphatic heterocycles. The first kappa shape index (κ1) is 14.8. The number of thiazole rings is 1. The molecule has 0 amide bonds. The molecule has 0 spiro atoms. The van der Waals surface area contributed by atoms with Crippen molar-refractivity contribution in [1.82, 2.24) is 4.98 Å². The van der Waals surface area contributed by atoms with E-state index < -0.39 is 17.3 Å². The molecule has 19 heavy (non-hydrogen) atoms. The van der Waals surface area contributed by atoms with Gasteiger partial charge in [0, 0.05) is 21.3 Å². The molecule has 2 rings (SSSR count). The molecule has 1 unspecified atom stereocenters. The fourth-order valence-corrected chi connectivity index (χ4v) is 2.85. The molecule has 0 aliphatic carbocycles. The number of benzene rings is 1. The zero-order valence-corrected chi connectivity index (χ0v) is 12.2. The highest BCUT2D eigenvalue weighted by molar-refractivity contribution is 9.10. The van der Waals surface area contributed by atoms with Crippen molar-refractivity contribution in [3.8, 4) is 0 Å². The molecule has 2 nitrogen and oxygen atoms in total. The van der Waals surface area contributed by atoms with Gasteiger partial charge >= 0.3 is 6.18 Å². The molecule has 102 valence electrons. The smallest absolute Gasteiger partial charge is 0.383 e. The normalized spacial score (nSPS) is 13.6. The molecule has 1 aromatic carbocycles. The average molecular weight is 373 g/mol. The number of alkyl halides is 3. The molecule has 0 saturated heterocycles. The van der Waals surface area contributed by atoms with Crippen LogP contribution in [0.25, 0.3) is 0 Å². The molecule has 0 saturated carbocycles. The Hall–Kier alpha value is -0.630. The van der Waals surface area contributed by atoms with Crippen molar-refractivity contribution in [1.29, 1.82) is 0 Å². The molecule has 1 heterocycles. The van der Waals surface area contributed by atoms with Crippen molar-refractivity contribution >= 4 is 38.9 Å². The topological polar surface area (TPSA) is 33.1 Å². The lowest BCUT2D eigenvalue weighted by atomic mass is 10.1. The fourth-order valence-electron chi connectivity index (χ4n) is 1.42. The van der Waals surface area contributed by atoms with Crippen LogP contribution in [0.1, 0.15) is 21.6 Å². The molecule has 1 N–H and O–H groups in total. The number of rotatable bonds is 2. The number of halogens is 5. The minimum Gasteiger partial charge on any atom is -0.383 e. The van der Waals surface area contributed by atoms with E-state index in [1.807, 2.05) is 0 Å². The summed E-state index contributed by atoms with van der Waals surface area (Å²) >= 11 is 9.43. The summed E-state index contributed by atoms with van der Waals surface area (Å²) in [7, 11) is 0. The highest BCUT2D eigenvalue weighted by atomic mass is 79.9. The van der Waals surface area contributed by atoms with Crippen molar-refractivity contribution in [2.45, 2.75) is 12.3 Å². The maximum absolute atomic E-state index is 12.4. The third-order valence-electron chi connectivity index (χ3n) is 2.29. The molecular weight excluding hydrogens is 367 g/mol. The summed E-state index contributed by atoms with van der Waals surface area (Å²) in [6.45, 7) is 0. The van der Waals surface area contributed by atoms with Crippen LogP contribution < -0.4 is 0 Å². The van der Waals surface area contributed by atoms with Crippen LogP contribution in [-0.2, 0) is 6.18 Å². The first-order valence-corrected chi connectivity index (χ1v) is 6.93. The van der Waals surface area contributed by atoms with E-state index in [9.17, 15) is 18.3 Å². The monoisotopic (exact) mass is 371 g/mol. The van der Waals surface area contributed by atoms with Gasteiger partial charge in [-0.25, -0.2) is 4.98 Å². The highest BCUT2D eigenvalue weighted by Gasteiger charge is 2.35. The Morgan fingerprint density at radius 2 is 2.05 bits per heavy atom. The lowest BCUT2D eigenvalue weighted by Crippen LogP contribution is -2.03. The van der Waals surface area contributed by atoms with Crippen molar-refractivity contribution < 1.29 is 18.3 Å². The van der Waals surface area contributed by atoms with Crippen molar-refractivity contribution in [2.75, 3.05) is 0 Å². The molecule has 2 aromatic rings. The van der Waals surface area contributed by atoms with Crippen LogP contribution in [-0.4, -0.2) is 10.1 Å². The largest absolute Gasteiger partial charge is 0.443 e. The van der Waals surface area contributed by atoms with E-state index in [1.54, 1.807) is 12.1 Å². The minimum absolute atomic E-state index is 0.107. The van der Waals surface area contributed by atoms with Crippen LogP contribution >= 0.6 is 38.9 Å². The van der Waals surface area contributed by atoms with Gasteiger partial charge in [-0.05, 0) is 18.2 Å². The van der Waals surface area contributed by atoms with E-state index in [0.29, 0.717) is 26.4 Å². The third-order valence-corrected chi connectivity index (χ3v) is 4.34. The van der Waals surface area contributed by atoms with E-state index in [0.717, 1.165) is 6.20 Å². The van der Waals surface area contributed by atoms with Gasteiger partial charge in [0.25, 0.3) is 0 Å². The van der Waals surface area contributed by atoms with Crippen LogP contribution in [0.2, 0.25) is 5.02 Å². The Balaban J connectivity index is 2.36. The van der Waals surface area contributed by atoms with Gasteiger partial charge in [0.05, 0.1) is 4.88 Å². The zero-order valence-electron chi connectivity index (χ0n) is 9.08. The minimum atomic E-state index is -4.51. The number of hydrogen-bond acceptors (Lipinski definition) is 3. The molecule has 1 aromatic heterocycles. The Morgan fingerprint density at radius 1 is 1.37 bits per heavy atom. The van der Waals surface area contributed by atoms with Crippen LogP contribution in [0, 0.1) is 0 Å². The average Bonchev–Trinajstić information content (AvgIpc) is 2.80. The number of hydrogen-bond donors (Lipinski definition) is 1. The van der Waals surface area contributed by atoms with Crippen molar-refractivity contribution in [3.05, 3.63) is 49.3 Å². The summed E-state index contributed by atoms with van der Waals surface area (Å²) in [5.41, 5.74) is 0.393. The number of aliphatic hydroxyl groups excluding tert-OH is 1. The van der Waals surface area contributed by atoms with Crippen LogP contribution in [0.5, 0.6) is 0 Å². The summed E-state index contributed by atoms with van der Waals surface area (Å²) in [6, 6.07) is 4.71. The first-order valence-electron chi connectivity index (χ1n) is 4.95. The lowest BCUT2D eigenvalue weighted by molar-refractivity contribution is -0.137. The van der Waals surface area contributed by atoms with E-state index in [4.69, 9.17) is 11.6 Å². The second-order valence-corrected chi connectivity index (χ2v) is 5.99. The molecule has 0 aliphatic rings. The molecule has 8 heteroatoms. The third kappa shape index (κ3) is 3.28. The first-order chi connectivity index (χ1) is 8.79. The molecule has 0 fully saturated rings. The van der Waals surface area contributed by atoms with E-state index in [-0.39, 0.29) is 4.88 Å². The Bertz CT molecular complexity index is 602. The molecular formula is C11H6BrClF3NOS. The highest BCUT2D eigenvalue weighted by Crippen LogP contribution is 2.37. The van der Waals surface area contributed by atoms with Crippen LogP contribution in [0.4, 0.5) is 13.2 Å². The van der Waals surface area contributed by atoms with Crippen LogP contribution in [0.3, 0.4) is 0 Å². The van der Waals surface area contributed by atoms with Gasteiger partial charge in [-0.2, -0.15) is 13.2 Å². The van der Waals surface area contributed by atoms with Gasteiger partial charge in [-0.15, -0.1) is 11.3 Å². The van der Waals surface area contributed by atoms with Gasteiger partial charge in [-0.1, -0.05) is 27.5 Å². The Morgan fingerprint density at radius 3 is 2.63 bits per heavy atom. The van der Waals surface area contributed by atoms with Crippen LogP contribution in [0.15, 0.2) is 28.9 Å². The summed E-state index contributed by atoms with van der Waals surface area (Å²) in [5.74, 6) is 0. The fraction of sp³-hybridized carbons (Fsp3) is 0.182. The number of aromatic nitrogens is 1. The number of aliphatic hydroxyl groups is 1. The summed E-state index contributed by atoms with van der Waals surface area (Å²) < 4.78 is 37.9. The van der Waals surface area contributed by atoms with Crippen molar-refractivity contribution in [3.63, 3.8) is 0 Å². The second-order valence-electron chi connectivity index (χ2n) is 3.63. The van der Waals surface area contributed by atoms with Crippen molar-refractivity contribution in [2.24, 2.45) is 0 Å². The van der Waals surface area contributed by atoms with Gasteiger partial charge in [0.15, 0.2) is 5.01 Å². The Labute approximate surface area is 124 Å². The summed E-state index contributed by atoms with van der Waals surface area (Å²) in [4.78, 5) is 3.38. The predicted molar refractivity (Wildman–Crippen MR) is 70.3 cm³/mol. The maximum atomic E-state index is 12.4. The number of nitrogens with zero attached hydrogens (tertiary/aromatic N) is 1. The quantitative estimate of drug-likeness (QED) is 0.832. The second kappa shape index (κ2) is 5.40. The summed E-state index contributed by atoms with van der Waals surface area (Å²) in [5, 5.41) is 9.49. The summed E-state index contributed by atoms with van der Waals surface area (Å²) in [6.07, 6.45) is -4.69. The molecule has 0 bridgehead atoms. The van der Waals surface area contributed by atoms with E-state index in [1.165, 1.54) is 6.07 Å². The van der Waals surface area contributed by atoms with Gasteiger partial charge in [0.2, 0.25) is 0 Å². The SMILES string of the molecule is OC(c1cnc(C(F)(F)F)s1)c1cc(Cl)ccc1Br. The van der Waals surface area contributed by atoms with E-state index >= 15 is 0 Å². The maximum Gasteiger partial charge on any atom is 0.443 e. The van der Waals surface area contributed by atoms with E-state index in [2.05, 4.69) is 20.9 Å². The molecule has 0 radical (unpaired) electrons. The predicted octanol–water partition coefficient (Wildman–Crippen LogP) is 4.66. The Kier molecular flexibility index (Phi) is 4.20. The zero-order chi connectivity index (χ0) is 14.2. The van der Waals surface area contributed by atoms with Gasteiger partial charge in [0.1, 0.15) is 6.10 Å².